The number of urea groups is 1. The Morgan fingerprint density at radius 2 is 1.84 bits per heavy atom. The highest BCUT2D eigenvalue weighted by molar-refractivity contribution is 8.18. The molecule has 1 aromatic heterocycles. The van der Waals surface area contributed by atoms with E-state index in [1.165, 1.54) is 34.0 Å². The lowest BCUT2D eigenvalue weighted by Gasteiger charge is -2.41. The van der Waals surface area contributed by atoms with Gasteiger partial charge in [-0.2, -0.15) is 5.10 Å². The van der Waals surface area contributed by atoms with Crippen LogP contribution in [-0.2, 0) is 35.0 Å². The van der Waals surface area contributed by atoms with Crippen molar-refractivity contribution < 1.29 is 35.9 Å². The van der Waals surface area contributed by atoms with E-state index < -0.39 is 50.9 Å². The fourth-order valence-corrected chi connectivity index (χ4v) is 7.60. The number of aromatic nitrogens is 2. The van der Waals surface area contributed by atoms with Crippen molar-refractivity contribution >= 4 is 33.7 Å². The number of hydrogen-bond acceptors (Lipinski definition) is 7. The smallest absolute Gasteiger partial charge is 0.406 e. The summed E-state index contributed by atoms with van der Waals surface area (Å²) in [6.45, 7) is 1.66. The second-order valence-electron chi connectivity index (χ2n) is 9.73. The van der Waals surface area contributed by atoms with Crippen molar-refractivity contribution in [2.75, 3.05) is 0 Å². The summed E-state index contributed by atoms with van der Waals surface area (Å²) in [7, 11) is -2.22. The molecule has 1 aromatic carbocycles. The number of fused-ring (bicyclic) bond motifs is 1. The van der Waals surface area contributed by atoms with E-state index in [9.17, 15) is 31.2 Å². The number of hydrogen-bond donors (Lipinski definition) is 1. The van der Waals surface area contributed by atoms with E-state index in [1.54, 1.807) is 20.2 Å². The van der Waals surface area contributed by atoms with Crippen molar-refractivity contribution in [2.24, 2.45) is 13.0 Å². The zero-order valence-electron chi connectivity index (χ0n) is 20.3. The van der Waals surface area contributed by atoms with Gasteiger partial charge in [-0.25, -0.2) is 17.9 Å². The fourth-order valence-electron chi connectivity index (χ4n) is 4.30. The number of amides is 3. The van der Waals surface area contributed by atoms with Gasteiger partial charge < -0.3 is 9.64 Å². The van der Waals surface area contributed by atoms with Gasteiger partial charge in [0.2, 0.25) is 15.9 Å². The molecule has 0 spiro atoms. The molecule has 1 saturated heterocycles. The van der Waals surface area contributed by atoms with Gasteiger partial charge in [-0.1, -0.05) is 23.9 Å². The number of alkyl halides is 3. The lowest BCUT2D eigenvalue weighted by atomic mass is 10.0. The Morgan fingerprint density at radius 3 is 2.42 bits per heavy atom. The van der Waals surface area contributed by atoms with E-state index in [4.69, 9.17) is 0 Å². The quantitative estimate of drug-likeness (QED) is 0.517. The molecule has 204 valence electrons. The number of aryl methyl sites for hydroxylation is 1. The second-order valence-corrected chi connectivity index (χ2v) is 12.8. The van der Waals surface area contributed by atoms with Crippen molar-refractivity contribution in [3.63, 3.8) is 0 Å². The third kappa shape index (κ3) is 5.54. The average molecular weight is 572 g/mol. The number of benzene rings is 1. The number of carbonyl (C=O) groups is 2. The minimum absolute atomic E-state index is 0.0380. The van der Waals surface area contributed by atoms with Gasteiger partial charge in [0.25, 0.3) is 0 Å². The van der Waals surface area contributed by atoms with Crippen LogP contribution < -0.4 is 9.46 Å². The van der Waals surface area contributed by atoms with Crippen LogP contribution in [0.5, 0.6) is 5.75 Å². The minimum atomic E-state index is -4.84. The maximum absolute atomic E-state index is 13.6. The van der Waals surface area contributed by atoms with Gasteiger partial charge in [-0.15, -0.1) is 13.2 Å². The summed E-state index contributed by atoms with van der Waals surface area (Å²) in [6, 6.07) is 4.38. The van der Waals surface area contributed by atoms with Crippen LogP contribution in [0.1, 0.15) is 30.9 Å². The topological polar surface area (TPSA) is 114 Å². The molecule has 3 heterocycles. The van der Waals surface area contributed by atoms with Crippen LogP contribution in [0, 0.1) is 5.92 Å². The predicted octanol–water partition coefficient (Wildman–Crippen LogP) is 3.29. The van der Waals surface area contributed by atoms with Gasteiger partial charge in [0, 0.05) is 30.9 Å². The van der Waals surface area contributed by atoms with Crippen LogP contribution in [0.3, 0.4) is 0 Å². The van der Waals surface area contributed by atoms with Crippen molar-refractivity contribution in [1.29, 1.82) is 0 Å². The Bertz CT molecular complexity index is 1400. The highest BCUT2D eigenvalue weighted by Gasteiger charge is 2.52. The summed E-state index contributed by atoms with van der Waals surface area (Å²) in [5.41, 5.74) is 0.551. The molecule has 0 radical (unpaired) electrons. The molecular weight excluding hydrogens is 547 g/mol. The summed E-state index contributed by atoms with van der Waals surface area (Å²) in [5.74, 6) is -1.88. The molecule has 15 heteroatoms. The van der Waals surface area contributed by atoms with E-state index in [0.29, 0.717) is 24.0 Å². The van der Waals surface area contributed by atoms with Gasteiger partial charge in [0.1, 0.15) is 15.4 Å². The van der Waals surface area contributed by atoms with Gasteiger partial charge in [-0.3, -0.25) is 14.4 Å². The molecule has 2 atom stereocenters. The van der Waals surface area contributed by atoms with Crippen LogP contribution in [-0.4, -0.2) is 57.2 Å². The molecule has 38 heavy (non-hydrogen) atoms. The molecule has 0 bridgehead atoms. The number of ether oxygens (including phenoxy) is 1. The van der Waals surface area contributed by atoms with Gasteiger partial charge >= 0.3 is 12.4 Å². The SMILES string of the molecule is Cn1cc(CN2C(=O)C3C=C(S(=O)(=O)NC4(C)CC4)SC3N(Cc3ccc(OC(F)(F)F)cc3)C2=O)cn1. The van der Waals surface area contributed by atoms with E-state index in [1.807, 2.05) is 0 Å². The number of halogens is 3. The molecule has 3 amide bonds. The average Bonchev–Trinajstić information content (AvgIpc) is 3.19. The van der Waals surface area contributed by atoms with Crippen molar-refractivity contribution in [3.8, 4) is 5.75 Å². The second kappa shape index (κ2) is 9.31. The molecule has 2 aliphatic heterocycles. The van der Waals surface area contributed by atoms with E-state index in [2.05, 4.69) is 14.6 Å². The Kier molecular flexibility index (Phi) is 6.51. The maximum Gasteiger partial charge on any atom is 0.573 e. The summed E-state index contributed by atoms with van der Waals surface area (Å²) in [5, 5.41) is 3.22. The predicted molar refractivity (Wildman–Crippen MR) is 130 cm³/mol. The van der Waals surface area contributed by atoms with Crippen LogP contribution in [0.4, 0.5) is 18.0 Å². The van der Waals surface area contributed by atoms with Crippen LogP contribution in [0.2, 0.25) is 0 Å². The monoisotopic (exact) mass is 571 g/mol. The molecular formula is C23H24F3N5O5S2. The molecule has 1 aliphatic carbocycles. The van der Waals surface area contributed by atoms with Crippen LogP contribution in [0.15, 0.2) is 47.0 Å². The first-order valence-corrected chi connectivity index (χ1v) is 14.0. The first-order chi connectivity index (χ1) is 17.7. The number of carbonyl (C=O) groups excluding carboxylic acids is 2. The summed E-state index contributed by atoms with van der Waals surface area (Å²) in [6.07, 6.45) is 1.12. The van der Waals surface area contributed by atoms with Crippen molar-refractivity contribution in [2.45, 2.75) is 50.1 Å². The summed E-state index contributed by atoms with van der Waals surface area (Å²) >= 11 is 0.907. The minimum Gasteiger partial charge on any atom is -0.406 e. The molecule has 2 aromatic rings. The molecule has 1 saturated carbocycles. The zero-order valence-corrected chi connectivity index (χ0v) is 21.9. The molecule has 2 fully saturated rings. The lowest BCUT2D eigenvalue weighted by Crippen LogP contribution is -2.58. The van der Waals surface area contributed by atoms with E-state index in [-0.39, 0.29) is 17.3 Å². The van der Waals surface area contributed by atoms with Gasteiger partial charge in [-0.05, 0) is 43.5 Å². The molecule has 5 rings (SSSR count). The summed E-state index contributed by atoms with van der Waals surface area (Å²) < 4.78 is 71.8. The van der Waals surface area contributed by atoms with E-state index in [0.717, 1.165) is 28.8 Å². The molecule has 3 aliphatic rings. The Balaban J connectivity index is 1.43. The number of rotatable bonds is 8. The number of imide groups is 1. The number of sulfonamides is 1. The van der Waals surface area contributed by atoms with Crippen LogP contribution in [0.25, 0.3) is 0 Å². The zero-order chi connectivity index (χ0) is 27.5. The van der Waals surface area contributed by atoms with Crippen molar-refractivity contribution in [3.05, 3.63) is 58.1 Å². The Morgan fingerprint density at radius 1 is 1.16 bits per heavy atom. The number of thioether (sulfide) groups is 1. The molecule has 2 unspecified atom stereocenters. The Labute approximate surface area is 220 Å². The first-order valence-electron chi connectivity index (χ1n) is 11.6. The molecule has 1 N–H and O–H groups in total. The molecule has 10 nitrogen and oxygen atoms in total. The first kappa shape index (κ1) is 26.6. The number of nitrogens with one attached hydrogen (secondary N) is 1. The van der Waals surface area contributed by atoms with Crippen LogP contribution >= 0.6 is 11.8 Å². The van der Waals surface area contributed by atoms with Crippen molar-refractivity contribution in [1.82, 2.24) is 24.3 Å². The standard InChI is InChI=1S/C23H24F3N5O5S2/c1-22(7-8-22)28-38(34,35)18-9-17-19(32)30(13-15-10-27-29(2)11-15)21(33)31(20(17)37-18)12-14-3-5-16(6-4-14)36-23(24,25)26/h3-6,9-11,17,20,28H,7-8,12-13H2,1-2H3. The third-order valence-corrected chi connectivity index (χ3v) is 9.98. The lowest BCUT2D eigenvalue weighted by molar-refractivity contribution is -0.274. The van der Waals surface area contributed by atoms with Gasteiger partial charge in [0.15, 0.2) is 0 Å². The maximum atomic E-state index is 13.6. The highest BCUT2D eigenvalue weighted by atomic mass is 32.3. The third-order valence-electron chi connectivity index (χ3n) is 6.45. The Hall–Kier alpha value is -3.04. The van der Waals surface area contributed by atoms with Gasteiger partial charge in [0.05, 0.1) is 18.7 Å². The number of nitrogens with zero attached hydrogens (tertiary/aromatic N) is 4. The normalized spacial score (nSPS) is 22.9. The largest absolute Gasteiger partial charge is 0.573 e. The van der Waals surface area contributed by atoms with E-state index >= 15 is 0 Å². The fraction of sp³-hybridized carbons (Fsp3) is 0.435. The summed E-state index contributed by atoms with van der Waals surface area (Å²) in [4.78, 5) is 29.4. The highest BCUT2D eigenvalue weighted by Crippen LogP contribution is 2.46.